The van der Waals surface area contributed by atoms with Crippen molar-refractivity contribution in [2.75, 3.05) is 5.32 Å². The lowest BCUT2D eigenvalue weighted by Gasteiger charge is -2.08. The van der Waals surface area contributed by atoms with Gasteiger partial charge in [-0.3, -0.25) is 4.79 Å². The maximum Gasteiger partial charge on any atom is 0.266 e. The van der Waals surface area contributed by atoms with Crippen molar-refractivity contribution in [1.82, 2.24) is 9.55 Å². The van der Waals surface area contributed by atoms with Gasteiger partial charge in [-0.1, -0.05) is 48.5 Å². The molecule has 0 spiro atoms. The van der Waals surface area contributed by atoms with Crippen LogP contribution in [0.1, 0.15) is 11.4 Å². The highest BCUT2D eigenvalue weighted by molar-refractivity contribution is 6.12. The van der Waals surface area contributed by atoms with E-state index in [1.165, 1.54) is 0 Å². The molecule has 1 N–H and O–H groups in total. The van der Waals surface area contributed by atoms with E-state index in [4.69, 9.17) is 4.74 Å². The van der Waals surface area contributed by atoms with Crippen LogP contribution in [0.4, 0.5) is 5.69 Å². The number of hydrogen-bond acceptors (Lipinski definition) is 4. The summed E-state index contributed by atoms with van der Waals surface area (Å²) in [5.41, 5.74) is 1.42. The Morgan fingerprint density at radius 2 is 1.90 bits per heavy atom. The molecule has 4 rings (SSSR count). The van der Waals surface area contributed by atoms with E-state index >= 15 is 0 Å². The number of aromatic nitrogens is 2. The van der Waals surface area contributed by atoms with Gasteiger partial charge in [0.15, 0.2) is 0 Å². The second-order valence-corrected chi connectivity index (χ2v) is 6.96. The highest BCUT2D eigenvalue weighted by Gasteiger charge is 2.11. The molecule has 0 unspecified atom stereocenters. The Labute approximate surface area is 180 Å². The number of ether oxygens (including phenoxy) is 1. The van der Waals surface area contributed by atoms with Crippen LogP contribution >= 0.6 is 0 Å². The molecule has 31 heavy (non-hydrogen) atoms. The summed E-state index contributed by atoms with van der Waals surface area (Å²) >= 11 is 0. The van der Waals surface area contributed by atoms with Crippen molar-refractivity contribution >= 4 is 28.4 Å². The minimum atomic E-state index is -0.450. The molecule has 1 aromatic heterocycles. The van der Waals surface area contributed by atoms with Crippen molar-refractivity contribution in [2.45, 2.75) is 6.61 Å². The van der Waals surface area contributed by atoms with E-state index in [1.54, 1.807) is 36.5 Å². The van der Waals surface area contributed by atoms with E-state index < -0.39 is 5.91 Å². The predicted octanol–water partition coefficient (Wildman–Crippen LogP) is 4.70. The Morgan fingerprint density at radius 3 is 2.65 bits per heavy atom. The van der Waals surface area contributed by atoms with Gasteiger partial charge in [-0.25, -0.2) is 4.98 Å². The number of nitrogens with zero attached hydrogens (tertiary/aromatic N) is 3. The van der Waals surface area contributed by atoms with Crippen LogP contribution in [0.25, 0.3) is 16.8 Å². The quantitative estimate of drug-likeness (QED) is 0.370. The van der Waals surface area contributed by atoms with E-state index in [0.29, 0.717) is 18.0 Å². The number of nitrogens with one attached hydrogen (secondary N) is 1. The number of benzene rings is 3. The van der Waals surface area contributed by atoms with Crippen LogP contribution in [0.2, 0.25) is 0 Å². The lowest BCUT2D eigenvalue weighted by molar-refractivity contribution is -0.112. The summed E-state index contributed by atoms with van der Waals surface area (Å²) in [5, 5.41) is 14.3. The molecule has 0 aliphatic heterocycles. The molecular formula is C25H20N4O2. The average Bonchev–Trinajstić information content (AvgIpc) is 3.21. The lowest BCUT2D eigenvalue weighted by atomic mass is 10.1. The first-order chi connectivity index (χ1) is 15.1. The van der Waals surface area contributed by atoms with Gasteiger partial charge in [-0.2, -0.15) is 5.26 Å². The third-order valence-corrected chi connectivity index (χ3v) is 4.88. The first-order valence-electron chi connectivity index (χ1n) is 9.74. The first kappa shape index (κ1) is 19.9. The van der Waals surface area contributed by atoms with Gasteiger partial charge in [0.2, 0.25) is 0 Å². The molecule has 4 aromatic rings. The number of anilines is 1. The van der Waals surface area contributed by atoms with Gasteiger partial charge < -0.3 is 14.6 Å². The number of rotatable bonds is 6. The highest BCUT2D eigenvalue weighted by Crippen LogP contribution is 2.24. The summed E-state index contributed by atoms with van der Waals surface area (Å²) in [5.74, 6) is 1.05. The first-order valence-corrected chi connectivity index (χ1v) is 9.74. The number of hydrogen-bond donors (Lipinski definition) is 1. The minimum Gasteiger partial charge on any atom is -0.486 e. The van der Waals surface area contributed by atoms with Crippen molar-refractivity contribution in [3.8, 4) is 11.8 Å². The average molecular weight is 408 g/mol. The number of amides is 1. The van der Waals surface area contributed by atoms with Gasteiger partial charge in [0.25, 0.3) is 5.91 Å². The summed E-state index contributed by atoms with van der Waals surface area (Å²) in [6.07, 6.45) is 5.14. The van der Waals surface area contributed by atoms with Gasteiger partial charge in [-0.15, -0.1) is 0 Å². The summed E-state index contributed by atoms with van der Waals surface area (Å²) in [6.45, 7) is 0.357. The molecule has 6 heteroatoms. The molecule has 0 bridgehead atoms. The minimum absolute atomic E-state index is 0.0228. The SMILES string of the molecule is Cn1ccnc1COc1ccc(/C=C(\C#N)C(=O)Nc2cccc3ccccc23)cc1. The van der Waals surface area contributed by atoms with Crippen LogP contribution in [-0.2, 0) is 18.4 Å². The Morgan fingerprint density at radius 1 is 1.13 bits per heavy atom. The zero-order valence-electron chi connectivity index (χ0n) is 16.9. The van der Waals surface area contributed by atoms with Gasteiger partial charge in [0.05, 0.1) is 0 Å². The fourth-order valence-electron chi connectivity index (χ4n) is 3.18. The molecule has 1 amide bonds. The van der Waals surface area contributed by atoms with Crippen LogP contribution in [0.15, 0.2) is 84.7 Å². The Balaban J connectivity index is 1.46. The second kappa shape index (κ2) is 8.97. The van der Waals surface area contributed by atoms with Crippen molar-refractivity contribution < 1.29 is 9.53 Å². The maximum absolute atomic E-state index is 12.7. The molecule has 6 nitrogen and oxygen atoms in total. The Hall–Kier alpha value is -4.37. The topological polar surface area (TPSA) is 79.9 Å². The van der Waals surface area contributed by atoms with Gasteiger partial charge >= 0.3 is 0 Å². The molecule has 0 saturated heterocycles. The number of fused-ring (bicyclic) bond motifs is 1. The largest absolute Gasteiger partial charge is 0.486 e. The number of aryl methyl sites for hydroxylation is 1. The van der Waals surface area contributed by atoms with E-state index in [-0.39, 0.29) is 5.57 Å². The number of imidazole rings is 1. The number of carbonyl (C=O) groups is 1. The number of carbonyl (C=O) groups excluding carboxylic acids is 1. The molecule has 152 valence electrons. The third kappa shape index (κ3) is 4.62. The van der Waals surface area contributed by atoms with Crippen LogP contribution in [-0.4, -0.2) is 15.5 Å². The maximum atomic E-state index is 12.7. The normalized spacial score (nSPS) is 11.2. The van der Waals surface area contributed by atoms with E-state index in [2.05, 4.69) is 10.3 Å². The third-order valence-electron chi connectivity index (χ3n) is 4.88. The summed E-state index contributed by atoms with van der Waals surface area (Å²) in [4.78, 5) is 16.9. The molecule has 0 atom stereocenters. The molecule has 3 aromatic carbocycles. The van der Waals surface area contributed by atoms with E-state index in [1.807, 2.05) is 66.3 Å². The van der Waals surface area contributed by atoms with E-state index in [9.17, 15) is 10.1 Å². The molecule has 0 aliphatic carbocycles. The molecule has 0 saturated carbocycles. The fraction of sp³-hybridized carbons (Fsp3) is 0.0800. The van der Waals surface area contributed by atoms with Crippen molar-refractivity contribution in [3.63, 3.8) is 0 Å². The van der Waals surface area contributed by atoms with E-state index in [0.717, 1.165) is 22.2 Å². The zero-order chi connectivity index (χ0) is 21.6. The Bertz CT molecular complexity index is 1290. The van der Waals surface area contributed by atoms with Crippen LogP contribution in [0.5, 0.6) is 5.75 Å². The zero-order valence-corrected chi connectivity index (χ0v) is 16.9. The fourth-order valence-corrected chi connectivity index (χ4v) is 3.18. The lowest BCUT2D eigenvalue weighted by Crippen LogP contribution is -2.13. The summed E-state index contributed by atoms with van der Waals surface area (Å²) in [7, 11) is 1.91. The van der Waals surface area contributed by atoms with Gasteiger partial charge in [-0.05, 0) is 35.2 Å². The molecular weight excluding hydrogens is 388 g/mol. The van der Waals surface area contributed by atoms with Crippen LogP contribution < -0.4 is 10.1 Å². The van der Waals surface area contributed by atoms with Crippen molar-refractivity contribution in [1.29, 1.82) is 5.26 Å². The highest BCUT2D eigenvalue weighted by atomic mass is 16.5. The van der Waals surface area contributed by atoms with Crippen LogP contribution in [0, 0.1) is 11.3 Å². The second-order valence-electron chi connectivity index (χ2n) is 6.96. The molecule has 0 aliphatic rings. The van der Waals surface area contributed by atoms with Gasteiger partial charge in [0, 0.05) is 30.5 Å². The molecule has 1 heterocycles. The number of nitriles is 1. The monoisotopic (exact) mass is 408 g/mol. The molecule has 0 radical (unpaired) electrons. The van der Waals surface area contributed by atoms with Crippen molar-refractivity contribution in [3.05, 3.63) is 96.1 Å². The van der Waals surface area contributed by atoms with Crippen LogP contribution in [0.3, 0.4) is 0 Å². The van der Waals surface area contributed by atoms with Crippen molar-refractivity contribution in [2.24, 2.45) is 7.05 Å². The van der Waals surface area contributed by atoms with Gasteiger partial charge in [0.1, 0.15) is 29.8 Å². The molecule has 0 fully saturated rings. The predicted molar refractivity (Wildman–Crippen MR) is 120 cm³/mol. The summed E-state index contributed by atoms with van der Waals surface area (Å²) < 4.78 is 7.63. The standard InChI is InChI=1S/C25H20N4O2/c1-29-14-13-27-24(29)17-31-21-11-9-18(10-12-21)15-20(16-26)25(30)28-23-8-4-6-19-5-2-3-7-22(19)23/h2-15H,17H2,1H3,(H,28,30)/b20-15+. The summed E-state index contributed by atoms with van der Waals surface area (Å²) in [6, 6.07) is 22.6. The Kier molecular flexibility index (Phi) is 5.77. The smallest absolute Gasteiger partial charge is 0.266 e.